The molecule has 7 heteroatoms. The van der Waals surface area contributed by atoms with E-state index >= 15 is 0 Å². The molecule has 0 radical (unpaired) electrons. The Balaban J connectivity index is 2.01. The van der Waals surface area contributed by atoms with Gasteiger partial charge in [-0.2, -0.15) is 0 Å². The third-order valence-electron chi connectivity index (χ3n) is 5.22. The van der Waals surface area contributed by atoms with Gasteiger partial charge in [0.15, 0.2) is 23.0 Å². The van der Waals surface area contributed by atoms with Crippen LogP contribution in [0.25, 0.3) is 0 Å². The molecule has 2 aromatic carbocycles. The summed E-state index contributed by atoms with van der Waals surface area (Å²) in [6.07, 6.45) is 0. The minimum Gasteiger partial charge on any atom is -0.493 e. The van der Waals surface area contributed by atoms with E-state index < -0.39 is 0 Å². The van der Waals surface area contributed by atoms with Crippen molar-refractivity contribution in [3.05, 3.63) is 47.0 Å². The molecule has 0 aliphatic heterocycles. The predicted octanol–water partition coefficient (Wildman–Crippen LogP) is 3.17. The lowest BCUT2D eigenvalue weighted by Gasteiger charge is -2.25. The van der Waals surface area contributed by atoms with E-state index in [4.69, 9.17) is 18.9 Å². The van der Waals surface area contributed by atoms with E-state index in [1.54, 1.807) is 28.4 Å². The van der Waals surface area contributed by atoms with Crippen molar-refractivity contribution in [2.75, 3.05) is 35.5 Å². The van der Waals surface area contributed by atoms with E-state index in [2.05, 4.69) is 5.32 Å². The second-order valence-corrected chi connectivity index (χ2v) is 7.13. The Bertz CT molecular complexity index is 869. The van der Waals surface area contributed by atoms with Crippen molar-refractivity contribution in [3.63, 3.8) is 0 Å². The summed E-state index contributed by atoms with van der Waals surface area (Å²) in [6, 6.07) is 9.19. The van der Waals surface area contributed by atoms with Crippen molar-refractivity contribution in [2.45, 2.75) is 33.0 Å². The summed E-state index contributed by atoms with van der Waals surface area (Å²) in [5.41, 5.74) is 3.10. The number of carbonyl (C=O) groups is 1. The lowest BCUT2D eigenvalue weighted by Crippen LogP contribution is -2.42. The van der Waals surface area contributed by atoms with Crippen LogP contribution in [0.15, 0.2) is 30.3 Å². The smallest absolute Gasteiger partial charge is 0.237 e. The monoisotopic (exact) mass is 416 g/mol. The molecule has 0 unspecified atom stereocenters. The van der Waals surface area contributed by atoms with Gasteiger partial charge in [-0.25, -0.2) is 0 Å². The molecule has 2 aromatic rings. The number of likely N-dealkylation sites (N-methyl/N-ethyl adjacent to an activating group) is 1. The molecule has 0 aromatic heterocycles. The lowest BCUT2D eigenvalue weighted by atomic mass is 10.1. The average Bonchev–Trinajstić information content (AvgIpc) is 2.77. The summed E-state index contributed by atoms with van der Waals surface area (Å²) in [7, 11) is 8.35. The van der Waals surface area contributed by atoms with Gasteiger partial charge in [0.2, 0.25) is 5.91 Å². The van der Waals surface area contributed by atoms with E-state index in [0.717, 1.165) is 16.7 Å². The van der Waals surface area contributed by atoms with Gasteiger partial charge in [-0.1, -0.05) is 6.07 Å². The van der Waals surface area contributed by atoms with Crippen LogP contribution in [-0.2, 0) is 17.9 Å². The Morgan fingerprint density at radius 2 is 1.50 bits per heavy atom. The van der Waals surface area contributed by atoms with Gasteiger partial charge in [0.25, 0.3) is 0 Å². The fourth-order valence-electron chi connectivity index (χ4n) is 3.13. The van der Waals surface area contributed by atoms with Crippen LogP contribution in [0.4, 0.5) is 0 Å². The fourth-order valence-corrected chi connectivity index (χ4v) is 3.13. The van der Waals surface area contributed by atoms with E-state index in [1.807, 2.05) is 56.1 Å². The Hall–Kier alpha value is -2.93. The molecular weight excluding hydrogens is 384 g/mol. The molecule has 164 valence electrons. The van der Waals surface area contributed by atoms with Gasteiger partial charge in [0, 0.05) is 13.1 Å². The quantitative estimate of drug-likeness (QED) is 0.642. The summed E-state index contributed by atoms with van der Waals surface area (Å²) in [6.45, 7) is 4.93. The number of carbonyl (C=O) groups excluding carboxylic acids is 1. The third kappa shape index (κ3) is 5.57. The van der Waals surface area contributed by atoms with Crippen molar-refractivity contribution in [3.8, 4) is 23.0 Å². The number of amides is 1. The standard InChI is InChI=1S/C23H32N2O5/c1-15-10-20(28-5)22(30-7)12-18(15)14-25(3)16(2)23(26)24-13-17-8-9-19(27-4)21(11-17)29-6/h8-12,16H,13-14H2,1-7H3,(H,24,26)/t16-/m0/s1. The fraction of sp³-hybridized carbons (Fsp3) is 0.435. The van der Waals surface area contributed by atoms with Gasteiger partial charge >= 0.3 is 0 Å². The highest BCUT2D eigenvalue weighted by Crippen LogP contribution is 2.31. The predicted molar refractivity (Wildman–Crippen MR) is 117 cm³/mol. The van der Waals surface area contributed by atoms with Gasteiger partial charge in [0.05, 0.1) is 34.5 Å². The Kier molecular flexibility index (Phi) is 8.35. The maximum atomic E-state index is 12.7. The molecule has 0 heterocycles. The minimum absolute atomic E-state index is 0.0505. The Morgan fingerprint density at radius 3 is 2.10 bits per heavy atom. The van der Waals surface area contributed by atoms with Crippen LogP contribution in [0.2, 0.25) is 0 Å². The zero-order valence-corrected chi connectivity index (χ0v) is 18.9. The molecule has 30 heavy (non-hydrogen) atoms. The molecule has 0 aliphatic rings. The number of nitrogens with one attached hydrogen (secondary N) is 1. The summed E-state index contributed by atoms with van der Waals surface area (Å²) >= 11 is 0. The summed E-state index contributed by atoms with van der Waals surface area (Å²) in [5.74, 6) is 2.62. The molecule has 0 saturated heterocycles. The maximum absolute atomic E-state index is 12.7. The summed E-state index contributed by atoms with van der Waals surface area (Å²) in [5, 5.41) is 2.99. The van der Waals surface area contributed by atoms with Crippen molar-refractivity contribution >= 4 is 5.91 Å². The normalized spacial score (nSPS) is 11.7. The second-order valence-electron chi connectivity index (χ2n) is 7.13. The van der Waals surface area contributed by atoms with E-state index in [-0.39, 0.29) is 11.9 Å². The van der Waals surface area contributed by atoms with Crippen LogP contribution >= 0.6 is 0 Å². The van der Waals surface area contributed by atoms with Gasteiger partial charge < -0.3 is 24.3 Å². The number of hydrogen-bond donors (Lipinski definition) is 1. The molecule has 0 saturated carbocycles. The van der Waals surface area contributed by atoms with Gasteiger partial charge in [-0.3, -0.25) is 9.69 Å². The Labute approximate surface area is 178 Å². The molecule has 1 amide bonds. The van der Waals surface area contributed by atoms with Crippen LogP contribution < -0.4 is 24.3 Å². The van der Waals surface area contributed by atoms with Crippen LogP contribution in [0, 0.1) is 6.92 Å². The largest absolute Gasteiger partial charge is 0.493 e. The molecule has 1 atom stereocenters. The van der Waals surface area contributed by atoms with Crippen LogP contribution in [0.5, 0.6) is 23.0 Å². The van der Waals surface area contributed by atoms with E-state index in [0.29, 0.717) is 36.1 Å². The number of benzene rings is 2. The van der Waals surface area contributed by atoms with Crippen molar-refractivity contribution in [2.24, 2.45) is 0 Å². The van der Waals surface area contributed by atoms with Crippen molar-refractivity contribution in [1.82, 2.24) is 10.2 Å². The first kappa shape index (κ1) is 23.3. The number of nitrogens with zero attached hydrogens (tertiary/aromatic N) is 1. The first-order valence-electron chi connectivity index (χ1n) is 9.74. The average molecular weight is 417 g/mol. The molecule has 0 aliphatic carbocycles. The number of ether oxygens (including phenoxy) is 4. The second kappa shape index (κ2) is 10.7. The first-order valence-corrected chi connectivity index (χ1v) is 9.74. The molecule has 2 rings (SSSR count). The van der Waals surface area contributed by atoms with Crippen LogP contribution in [0.3, 0.4) is 0 Å². The number of rotatable bonds is 10. The molecule has 0 bridgehead atoms. The number of methoxy groups -OCH3 is 4. The highest BCUT2D eigenvalue weighted by Gasteiger charge is 2.20. The van der Waals surface area contributed by atoms with Gasteiger partial charge in [-0.05, 0) is 61.9 Å². The first-order chi connectivity index (χ1) is 14.3. The van der Waals surface area contributed by atoms with E-state index in [9.17, 15) is 4.79 Å². The van der Waals surface area contributed by atoms with Crippen LogP contribution in [-0.4, -0.2) is 52.3 Å². The molecule has 1 N–H and O–H groups in total. The topological polar surface area (TPSA) is 69.3 Å². The number of aryl methyl sites for hydroxylation is 1. The number of hydrogen-bond acceptors (Lipinski definition) is 6. The van der Waals surface area contributed by atoms with Gasteiger partial charge in [-0.15, -0.1) is 0 Å². The maximum Gasteiger partial charge on any atom is 0.237 e. The van der Waals surface area contributed by atoms with Crippen molar-refractivity contribution in [1.29, 1.82) is 0 Å². The summed E-state index contributed by atoms with van der Waals surface area (Å²) in [4.78, 5) is 14.7. The molecule has 7 nitrogen and oxygen atoms in total. The van der Waals surface area contributed by atoms with Crippen LogP contribution in [0.1, 0.15) is 23.6 Å². The third-order valence-corrected chi connectivity index (χ3v) is 5.22. The molecule has 0 spiro atoms. The van der Waals surface area contributed by atoms with Crippen molar-refractivity contribution < 1.29 is 23.7 Å². The SMILES string of the molecule is COc1ccc(CNC(=O)[C@H](C)N(C)Cc2cc(OC)c(OC)cc2C)cc1OC. The highest BCUT2D eigenvalue weighted by atomic mass is 16.5. The molecular formula is C23H32N2O5. The minimum atomic E-state index is -0.308. The van der Waals surface area contributed by atoms with E-state index in [1.165, 1.54) is 0 Å². The van der Waals surface area contributed by atoms with Gasteiger partial charge in [0.1, 0.15) is 0 Å². The summed E-state index contributed by atoms with van der Waals surface area (Å²) < 4.78 is 21.3. The zero-order valence-electron chi connectivity index (χ0n) is 18.9. The Morgan fingerprint density at radius 1 is 0.933 bits per heavy atom. The highest BCUT2D eigenvalue weighted by molar-refractivity contribution is 5.81. The zero-order chi connectivity index (χ0) is 22.3. The molecule has 0 fully saturated rings. The lowest BCUT2D eigenvalue weighted by molar-refractivity contribution is -0.125.